The number of likely N-dealkylation sites (N-methyl/N-ethyl adjacent to an activating group) is 1. The summed E-state index contributed by atoms with van der Waals surface area (Å²) in [5.41, 5.74) is 0. The monoisotopic (exact) mass is 293 g/mol. The Balaban J connectivity index is 1.51. The lowest BCUT2D eigenvalue weighted by Gasteiger charge is -2.51. The number of piperazine rings is 1. The maximum absolute atomic E-state index is 12.9. The highest BCUT2D eigenvalue weighted by molar-refractivity contribution is 5.79. The molecule has 0 aromatic carbocycles. The number of rotatable bonds is 4. The third-order valence-electron chi connectivity index (χ3n) is 5.85. The van der Waals surface area contributed by atoms with Crippen LogP contribution in [0.5, 0.6) is 0 Å². The molecule has 2 atom stereocenters. The van der Waals surface area contributed by atoms with E-state index in [1.807, 2.05) is 0 Å². The van der Waals surface area contributed by atoms with Crippen molar-refractivity contribution in [3.05, 3.63) is 0 Å². The topological polar surface area (TPSA) is 26.8 Å². The van der Waals surface area contributed by atoms with E-state index in [0.29, 0.717) is 23.9 Å². The van der Waals surface area contributed by atoms with Crippen LogP contribution >= 0.6 is 0 Å². The minimum atomic E-state index is 0.299. The molecular weight excluding hydrogens is 262 g/mol. The molecule has 0 aliphatic carbocycles. The molecular formula is C17H31N3O. The van der Waals surface area contributed by atoms with Crippen LogP contribution in [0.4, 0.5) is 0 Å². The van der Waals surface area contributed by atoms with Gasteiger partial charge in [-0.15, -0.1) is 0 Å². The van der Waals surface area contributed by atoms with Crippen LogP contribution in [0.15, 0.2) is 0 Å². The van der Waals surface area contributed by atoms with Crippen molar-refractivity contribution in [1.29, 1.82) is 0 Å². The Labute approximate surface area is 129 Å². The molecule has 4 saturated heterocycles. The molecule has 4 aliphatic heterocycles. The van der Waals surface area contributed by atoms with Crippen molar-refractivity contribution in [3.63, 3.8) is 0 Å². The second-order valence-electron chi connectivity index (χ2n) is 7.28. The van der Waals surface area contributed by atoms with E-state index in [1.54, 1.807) is 0 Å². The van der Waals surface area contributed by atoms with Gasteiger partial charge in [0.2, 0.25) is 5.91 Å². The Hall–Kier alpha value is -0.610. The van der Waals surface area contributed by atoms with Gasteiger partial charge < -0.3 is 9.80 Å². The zero-order valence-electron chi connectivity index (χ0n) is 13.8. The predicted molar refractivity (Wildman–Crippen MR) is 85.2 cm³/mol. The van der Waals surface area contributed by atoms with Crippen LogP contribution in [-0.2, 0) is 4.79 Å². The molecule has 0 saturated carbocycles. The van der Waals surface area contributed by atoms with Crippen LogP contribution in [0.25, 0.3) is 0 Å². The van der Waals surface area contributed by atoms with Crippen LogP contribution in [0.1, 0.15) is 45.4 Å². The number of carbonyl (C=O) groups is 1. The quantitative estimate of drug-likeness (QED) is 0.791. The number of hydrogen-bond donors (Lipinski definition) is 0. The number of amides is 1. The average Bonchev–Trinajstić information content (AvgIpc) is 2.53. The smallest absolute Gasteiger partial charge is 0.226 e. The van der Waals surface area contributed by atoms with Crippen molar-refractivity contribution in [2.75, 3.05) is 39.8 Å². The van der Waals surface area contributed by atoms with E-state index in [0.717, 1.165) is 39.0 Å². The molecule has 0 aromatic rings. The van der Waals surface area contributed by atoms with Crippen LogP contribution in [0.2, 0.25) is 0 Å². The SMILES string of the molecule is CCCCN1CCC(C(=O)N2CC3CCC2CN3C)CC1. The number of nitrogens with zero attached hydrogens (tertiary/aromatic N) is 3. The molecule has 4 heterocycles. The summed E-state index contributed by atoms with van der Waals surface area (Å²) >= 11 is 0. The Morgan fingerprint density at radius 2 is 1.76 bits per heavy atom. The van der Waals surface area contributed by atoms with E-state index >= 15 is 0 Å². The van der Waals surface area contributed by atoms with Crippen LogP contribution in [-0.4, -0.2) is 72.5 Å². The van der Waals surface area contributed by atoms with Crippen LogP contribution < -0.4 is 0 Å². The second kappa shape index (κ2) is 6.66. The maximum atomic E-state index is 12.9. The van der Waals surface area contributed by atoms with Crippen LogP contribution in [0.3, 0.4) is 0 Å². The van der Waals surface area contributed by atoms with Gasteiger partial charge in [0.05, 0.1) is 0 Å². The van der Waals surface area contributed by atoms with Gasteiger partial charge in [0.15, 0.2) is 0 Å². The Kier molecular flexibility index (Phi) is 4.85. The summed E-state index contributed by atoms with van der Waals surface area (Å²) in [5, 5.41) is 0. The lowest BCUT2D eigenvalue weighted by atomic mass is 9.88. The van der Waals surface area contributed by atoms with Crippen molar-refractivity contribution in [2.24, 2.45) is 5.92 Å². The molecule has 4 fully saturated rings. The summed E-state index contributed by atoms with van der Waals surface area (Å²) in [7, 11) is 2.21. The van der Waals surface area contributed by atoms with Crippen molar-refractivity contribution < 1.29 is 4.79 Å². The molecule has 0 aromatic heterocycles. The summed E-state index contributed by atoms with van der Waals surface area (Å²) < 4.78 is 0. The lowest BCUT2D eigenvalue weighted by molar-refractivity contribution is -0.147. The summed E-state index contributed by atoms with van der Waals surface area (Å²) in [5.74, 6) is 0.764. The van der Waals surface area contributed by atoms with Gasteiger partial charge in [-0.1, -0.05) is 13.3 Å². The van der Waals surface area contributed by atoms with Crippen molar-refractivity contribution >= 4 is 5.91 Å². The second-order valence-corrected chi connectivity index (χ2v) is 7.28. The van der Waals surface area contributed by atoms with E-state index < -0.39 is 0 Å². The van der Waals surface area contributed by atoms with Gasteiger partial charge in [0.25, 0.3) is 0 Å². The first-order chi connectivity index (χ1) is 10.2. The maximum Gasteiger partial charge on any atom is 0.226 e. The molecule has 120 valence electrons. The molecule has 2 unspecified atom stereocenters. The molecule has 0 N–H and O–H groups in total. The molecule has 4 nitrogen and oxygen atoms in total. The minimum absolute atomic E-state index is 0.299. The highest BCUT2D eigenvalue weighted by Gasteiger charge is 2.41. The number of carbonyl (C=O) groups excluding carboxylic acids is 1. The Bertz CT molecular complexity index is 365. The fraction of sp³-hybridized carbons (Fsp3) is 0.941. The minimum Gasteiger partial charge on any atom is -0.337 e. The molecule has 21 heavy (non-hydrogen) atoms. The largest absolute Gasteiger partial charge is 0.337 e. The first kappa shape index (κ1) is 15.3. The summed E-state index contributed by atoms with van der Waals surface area (Å²) in [6, 6.07) is 1.11. The summed E-state index contributed by atoms with van der Waals surface area (Å²) in [6.07, 6.45) is 7.21. The van der Waals surface area contributed by atoms with E-state index in [9.17, 15) is 4.79 Å². The molecule has 4 rings (SSSR count). The Morgan fingerprint density at radius 3 is 2.33 bits per heavy atom. The van der Waals surface area contributed by atoms with Gasteiger partial charge in [-0.2, -0.15) is 0 Å². The third kappa shape index (κ3) is 3.26. The van der Waals surface area contributed by atoms with Crippen molar-refractivity contribution in [2.45, 2.75) is 57.5 Å². The lowest BCUT2D eigenvalue weighted by Crippen LogP contribution is -2.63. The van der Waals surface area contributed by atoms with Gasteiger partial charge in [-0.05, 0) is 58.8 Å². The van der Waals surface area contributed by atoms with E-state index in [2.05, 4.69) is 28.7 Å². The fourth-order valence-corrected chi connectivity index (χ4v) is 4.33. The zero-order valence-corrected chi connectivity index (χ0v) is 13.8. The predicted octanol–water partition coefficient (Wildman–Crippen LogP) is 1.80. The number of unbranched alkanes of at least 4 members (excludes halogenated alkanes) is 1. The molecule has 0 radical (unpaired) electrons. The van der Waals surface area contributed by atoms with Gasteiger partial charge >= 0.3 is 0 Å². The van der Waals surface area contributed by atoms with Crippen molar-refractivity contribution in [1.82, 2.24) is 14.7 Å². The van der Waals surface area contributed by atoms with E-state index in [4.69, 9.17) is 0 Å². The van der Waals surface area contributed by atoms with E-state index in [1.165, 1.54) is 32.2 Å². The van der Waals surface area contributed by atoms with Gasteiger partial charge in [0, 0.05) is 31.1 Å². The Morgan fingerprint density at radius 1 is 1.05 bits per heavy atom. The molecule has 4 aliphatic rings. The number of fused-ring (bicyclic) bond motifs is 3. The third-order valence-corrected chi connectivity index (χ3v) is 5.85. The standard InChI is InChI=1S/C17H31N3O/c1-3-4-9-19-10-7-14(8-11-19)17(21)20-13-15-5-6-16(20)12-18(15)2/h14-16H,3-13H2,1-2H3. The van der Waals surface area contributed by atoms with Crippen LogP contribution in [0, 0.1) is 5.92 Å². The normalized spacial score (nSPS) is 31.8. The summed E-state index contributed by atoms with van der Waals surface area (Å²) in [4.78, 5) is 20.1. The first-order valence-electron chi connectivity index (χ1n) is 8.92. The van der Waals surface area contributed by atoms with Gasteiger partial charge in [0.1, 0.15) is 0 Å². The average molecular weight is 293 g/mol. The van der Waals surface area contributed by atoms with Crippen molar-refractivity contribution in [3.8, 4) is 0 Å². The van der Waals surface area contributed by atoms with E-state index in [-0.39, 0.29) is 0 Å². The number of hydrogen-bond acceptors (Lipinski definition) is 3. The molecule has 0 spiro atoms. The number of likely N-dealkylation sites (tertiary alicyclic amines) is 1. The zero-order chi connectivity index (χ0) is 14.8. The van der Waals surface area contributed by atoms with Gasteiger partial charge in [-0.3, -0.25) is 9.69 Å². The molecule has 4 heteroatoms. The molecule has 1 amide bonds. The first-order valence-corrected chi connectivity index (χ1v) is 8.92. The number of piperidine rings is 3. The highest BCUT2D eigenvalue weighted by atomic mass is 16.2. The summed E-state index contributed by atoms with van der Waals surface area (Å²) in [6.45, 7) is 7.79. The molecule has 2 bridgehead atoms. The highest BCUT2D eigenvalue weighted by Crippen LogP contribution is 2.30. The fourth-order valence-electron chi connectivity index (χ4n) is 4.33. The van der Waals surface area contributed by atoms with Gasteiger partial charge in [-0.25, -0.2) is 0 Å².